The first-order valence-corrected chi connectivity index (χ1v) is 9.47. The van der Waals surface area contributed by atoms with Crippen molar-refractivity contribution >= 4 is 5.78 Å². The van der Waals surface area contributed by atoms with Gasteiger partial charge in [-0.1, -0.05) is 12.1 Å². The van der Waals surface area contributed by atoms with Gasteiger partial charge in [0.25, 0.3) is 0 Å². The highest BCUT2D eigenvalue weighted by Crippen LogP contribution is 2.30. The van der Waals surface area contributed by atoms with Gasteiger partial charge >= 0.3 is 0 Å². The van der Waals surface area contributed by atoms with E-state index in [0.717, 1.165) is 42.7 Å². The first-order chi connectivity index (χ1) is 13.2. The largest absolute Gasteiger partial charge is 0.497 e. The lowest BCUT2D eigenvalue weighted by atomic mass is 9.83. The number of carbonyl (C=O) groups is 1. The summed E-state index contributed by atoms with van der Waals surface area (Å²) >= 11 is 0. The van der Waals surface area contributed by atoms with E-state index in [4.69, 9.17) is 14.7 Å². The van der Waals surface area contributed by atoms with Gasteiger partial charge in [-0.25, -0.2) is 0 Å². The van der Waals surface area contributed by atoms with Gasteiger partial charge < -0.3 is 9.47 Å². The molecule has 4 nitrogen and oxygen atoms in total. The smallest absolute Gasteiger partial charge is 0.137 e. The molecule has 0 unspecified atom stereocenters. The number of Topliss-reactive ketones (excluding diaryl/α,β-unsaturated/α-hetero) is 1. The second kappa shape index (κ2) is 9.23. The standard InChI is InChI=1S/C23H25NO3/c1-26-23-4-2-3-19(15-23)14-20(25)13-17-5-9-21(10-6-17)27-22-11-7-18(16-24)8-12-22/h2-4,7-8,11-12,15,17,21H,5-6,9-10,13-14H2,1H3. The van der Waals surface area contributed by atoms with Crippen LogP contribution in [0, 0.1) is 17.2 Å². The fourth-order valence-corrected chi connectivity index (χ4v) is 3.66. The summed E-state index contributed by atoms with van der Waals surface area (Å²) in [6.07, 6.45) is 5.28. The average molecular weight is 363 g/mol. The van der Waals surface area contributed by atoms with E-state index in [-0.39, 0.29) is 6.10 Å². The highest BCUT2D eigenvalue weighted by molar-refractivity contribution is 5.81. The topological polar surface area (TPSA) is 59.3 Å². The van der Waals surface area contributed by atoms with E-state index in [1.165, 1.54) is 0 Å². The molecule has 0 amide bonds. The molecule has 3 rings (SSSR count). The Kier molecular flexibility index (Phi) is 6.49. The van der Waals surface area contributed by atoms with Gasteiger partial charge in [-0.15, -0.1) is 0 Å². The molecule has 0 atom stereocenters. The van der Waals surface area contributed by atoms with Crippen molar-refractivity contribution in [2.75, 3.05) is 7.11 Å². The molecule has 0 aromatic heterocycles. The molecule has 1 aliphatic carbocycles. The second-order valence-corrected chi connectivity index (χ2v) is 7.17. The van der Waals surface area contributed by atoms with Crippen molar-refractivity contribution < 1.29 is 14.3 Å². The number of methoxy groups -OCH3 is 1. The van der Waals surface area contributed by atoms with Crippen LogP contribution >= 0.6 is 0 Å². The van der Waals surface area contributed by atoms with Crippen LogP contribution in [0.3, 0.4) is 0 Å². The Morgan fingerprint density at radius 1 is 1.07 bits per heavy atom. The summed E-state index contributed by atoms with van der Waals surface area (Å²) in [5.41, 5.74) is 1.65. The highest BCUT2D eigenvalue weighted by atomic mass is 16.5. The van der Waals surface area contributed by atoms with Crippen LogP contribution in [0.15, 0.2) is 48.5 Å². The van der Waals surface area contributed by atoms with Gasteiger partial charge in [0.1, 0.15) is 17.3 Å². The third kappa shape index (κ3) is 5.59. The van der Waals surface area contributed by atoms with Crippen LogP contribution in [0.2, 0.25) is 0 Å². The van der Waals surface area contributed by atoms with Crippen molar-refractivity contribution in [1.29, 1.82) is 5.26 Å². The molecule has 0 spiro atoms. The van der Waals surface area contributed by atoms with Crippen molar-refractivity contribution in [3.8, 4) is 17.6 Å². The number of ether oxygens (including phenoxy) is 2. The van der Waals surface area contributed by atoms with Gasteiger partial charge in [0.2, 0.25) is 0 Å². The minimum absolute atomic E-state index is 0.197. The molecule has 2 aromatic carbocycles. The average Bonchev–Trinajstić information content (AvgIpc) is 2.70. The van der Waals surface area contributed by atoms with Gasteiger partial charge in [0.05, 0.1) is 24.8 Å². The van der Waals surface area contributed by atoms with Gasteiger partial charge in [0, 0.05) is 12.8 Å². The second-order valence-electron chi connectivity index (χ2n) is 7.17. The molecule has 2 aromatic rings. The molecule has 1 saturated carbocycles. The molecule has 1 aliphatic rings. The molecule has 27 heavy (non-hydrogen) atoms. The van der Waals surface area contributed by atoms with Crippen LogP contribution in [0.25, 0.3) is 0 Å². The summed E-state index contributed by atoms with van der Waals surface area (Å²) in [7, 11) is 1.64. The maximum Gasteiger partial charge on any atom is 0.137 e. The van der Waals surface area contributed by atoms with Crippen molar-refractivity contribution in [2.45, 2.75) is 44.6 Å². The van der Waals surface area contributed by atoms with E-state index in [2.05, 4.69) is 6.07 Å². The third-order valence-electron chi connectivity index (χ3n) is 5.13. The van der Waals surface area contributed by atoms with E-state index in [0.29, 0.717) is 30.1 Å². The summed E-state index contributed by atoms with van der Waals surface area (Å²) in [6.45, 7) is 0. The molecule has 0 heterocycles. The lowest BCUT2D eigenvalue weighted by Crippen LogP contribution is -2.25. The predicted octanol–water partition coefficient (Wildman–Crippen LogP) is 4.71. The molecule has 140 valence electrons. The van der Waals surface area contributed by atoms with Gasteiger partial charge in [0.15, 0.2) is 0 Å². The zero-order chi connectivity index (χ0) is 19.1. The maximum atomic E-state index is 12.4. The van der Waals surface area contributed by atoms with Crippen molar-refractivity contribution in [2.24, 2.45) is 5.92 Å². The Labute approximate surface area is 160 Å². The van der Waals surface area contributed by atoms with Gasteiger partial charge in [-0.2, -0.15) is 5.26 Å². The summed E-state index contributed by atoms with van der Waals surface area (Å²) in [5.74, 6) is 2.34. The Hall–Kier alpha value is -2.80. The number of nitriles is 1. The molecule has 0 bridgehead atoms. The fraction of sp³-hybridized carbons (Fsp3) is 0.391. The Morgan fingerprint density at radius 3 is 2.48 bits per heavy atom. The summed E-state index contributed by atoms with van der Waals surface area (Å²) in [6, 6.07) is 17.1. The van der Waals surface area contributed by atoms with Crippen LogP contribution in [-0.2, 0) is 11.2 Å². The number of ketones is 1. The fourth-order valence-electron chi connectivity index (χ4n) is 3.66. The highest BCUT2D eigenvalue weighted by Gasteiger charge is 2.24. The van der Waals surface area contributed by atoms with E-state index < -0.39 is 0 Å². The number of benzene rings is 2. The monoisotopic (exact) mass is 363 g/mol. The first kappa shape index (κ1) is 19.0. The number of hydrogen-bond donors (Lipinski definition) is 0. The van der Waals surface area contributed by atoms with Crippen LogP contribution < -0.4 is 9.47 Å². The van der Waals surface area contributed by atoms with Gasteiger partial charge in [-0.3, -0.25) is 4.79 Å². The van der Waals surface area contributed by atoms with Crippen LogP contribution in [0.4, 0.5) is 0 Å². The minimum atomic E-state index is 0.197. The quantitative estimate of drug-likeness (QED) is 0.715. The number of rotatable bonds is 7. The summed E-state index contributed by atoms with van der Waals surface area (Å²) in [5, 5.41) is 8.85. The first-order valence-electron chi connectivity index (χ1n) is 9.47. The van der Waals surface area contributed by atoms with E-state index in [1.807, 2.05) is 36.4 Å². The third-order valence-corrected chi connectivity index (χ3v) is 5.13. The molecule has 0 N–H and O–H groups in total. The van der Waals surface area contributed by atoms with Crippen molar-refractivity contribution in [3.63, 3.8) is 0 Å². The van der Waals surface area contributed by atoms with Gasteiger partial charge in [-0.05, 0) is 73.6 Å². The minimum Gasteiger partial charge on any atom is -0.497 e. The zero-order valence-electron chi connectivity index (χ0n) is 15.7. The lowest BCUT2D eigenvalue weighted by Gasteiger charge is -2.28. The molecule has 0 saturated heterocycles. The van der Waals surface area contributed by atoms with E-state index >= 15 is 0 Å². The summed E-state index contributed by atoms with van der Waals surface area (Å²) < 4.78 is 11.2. The van der Waals surface area contributed by atoms with Crippen molar-refractivity contribution in [3.05, 3.63) is 59.7 Å². The Bertz CT molecular complexity index is 799. The normalized spacial score (nSPS) is 19.1. The number of carbonyl (C=O) groups excluding carboxylic acids is 1. The number of nitrogens with zero attached hydrogens (tertiary/aromatic N) is 1. The number of hydrogen-bond acceptors (Lipinski definition) is 4. The van der Waals surface area contributed by atoms with Crippen LogP contribution in [0.5, 0.6) is 11.5 Å². The van der Waals surface area contributed by atoms with Crippen LogP contribution in [-0.4, -0.2) is 19.0 Å². The molecule has 1 fully saturated rings. The van der Waals surface area contributed by atoms with Crippen LogP contribution in [0.1, 0.15) is 43.2 Å². The SMILES string of the molecule is COc1cccc(CC(=O)CC2CCC(Oc3ccc(C#N)cc3)CC2)c1. The van der Waals surface area contributed by atoms with E-state index in [1.54, 1.807) is 19.2 Å². The maximum absolute atomic E-state index is 12.4. The van der Waals surface area contributed by atoms with E-state index in [9.17, 15) is 4.79 Å². The van der Waals surface area contributed by atoms with Crippen molar-refractivity contribution in [1.82, 2.24) is 0 Å². The Morgan fingerprint density at radius 2 is 1.81 bits per heavy atom. The molecular formula is C23H25NO3. The molecule has 0 radical (unpaired) electrons. The Balaban J connectivity index is 1.43. The predicted molar refractivity (Wildman–Crippen MR) is 104 cm³/mol. The molecule has 4 heteroatoms. The zero-order valence-corrected chi connectivity index (χ0v) is 15.7. The lowest BCUT2D eigenvalue weighted by molar-refractivity contribution is -0.119. The summed E-state index contributed by atoms with van der Waals surface area (Å²) in [4.78, 5) is 12.4. The molecular weight excluding hydrogens is 338 g/mol. The molecule has 0 aliphatic heterocycles.